The van der Waals surface area contributed by atoms with E-state index in [1.165, 1.54) is 7.11 Å². The number of hydrogen-bond donors (Lipinski definition) is 1. The van der Waals surface area contributed by atoms with Crippen LogP contribution in [0.15, 0.2) is 36.4 Å². The number of nitrogens with one attached hydrogen (secondary N) is 1. The quantitative estimate of drug-likeness (QED) is 0.742. The third-order valence-electron chi connectivity index (χ3n) is 3.82. The molecule has 0 radical (unpaired) electrons. The van der Waals surface area contributed by atoms with Gasteiger partial charge in [0.25, 0.3) is 5.91 Å². The lowest BCUT2D eigenvalue weighted by atomic mass is 9.97. The predicted molar refractivity (Wildman–Crippen MR) is 96.1 cm³/mol. The van der Waals surface area contributed by atoms with Crippen LogP contribution < -0.4 is 10.1 Å². The number of halogens is 2. The maximum Gasteiger partial charge on any atom is 0.255 e. The van der Waals surface area contributed by atoms with Crippen molar-refractivity contribution in [2.45, 2.75) is 26.2 Å². The van der Waals surface area contributed by atoms with Crippen molar-refractivity contribution in [1.82, 2.24) is 0 Å². The van der Waals surface area contributed by atoms with E-state index in [2.05, 4.69) is 19.2 Å². The summed E-state index contributed by atoms with van der Waals surface area (Å²) in [5, 5.41) is 3.55. The van der Waals surface area contributed by atoms with E-state index < -0.39 is 0 Å². The Kier molecular flexibility index (Phi) is 5.91. The molecule has 0 aliphatic heterocycles. The van der Waals surface area contributed by atoms with E-state index in [4.69, 9.17) is 27.9 Å². The summed E-state index contributed by atoms with van der Waals surface area (Å²) in [7, 11) is 1.48. The Balaban J connectivity index is 2.30. The van der Waals surface area contributed by atoms with E-state index in [0.717, 1.165) is 17.7 Å². The topological polar surface area (TPSA) is 38.3 Å². The Bertz CT molecular complexity index is 693. The van der Waals surface area contributed by atoms with Gasteiger partial charge in [-0.2, -0.15) is 0 Å². The molecule has 2 aromatic carbocycles. The van der Waals surface area contributed by atoms with Gasteiger partial charge in [0.1, 0.15) is 0 Å². The maximum atomic E-state index is 12.5. The maximum absolute atomic E-state index is 12.5. The Morgan fingerprint density at radius 3 is 2.39 bits per heavy atom. The van der Waals surface area contributed by atoms with Crippen LogP contribution in [0.1, 0.15) is 42.1 Å². The fraction of sp³-hybridized carbons (Fsp3) is 0.278. The van der Waals surface area contributed by atoms with E-state index in [1.54, 1.807) is 12.1 Å². The van der Waals surface area contributed by atoms with Gasteiger partial charge in [0.15, 0.2) is 5.75 Å². The van der Waals surface area contributed by atoms with Crippen LogP contribution >= 0.6 is 23.2 Å². The van der Waals surface area contributed by atoms with E-state index in [-0.39, 0.29) is 5.91 Å². The summed E-state index contributed by atoms with van der Waals surface area (Å²) in [5.74, 6) is 0.464. The highest BCUT2D eigenvalue weighted by Crippen LogP contribution is 2.34. The van der Waals surface area contributed by atoms with Crippen molar-refractivity contribution in [2.24, 2.45) is 0 Å². The standard InChI is InChI=1S/C18H19Cl2NO2/c1-4-11(2)13-7-5-6-8-16(13)21-18(22)12-9-14(19)17(23-3)15(20)10-12/h5-11H,4H2,1-3H3,(H,21,22)/t11-/m0/s1. The third kappa shape index (κ3) is 3.98. The summed E-state index contributed by atoms with van der Waals surface area (Å²) in [6, 6.07) is 10.9. The van der Waals surface area contributed by atoms with Gasteiger partial charge in [-0.15, -0.1) is 0 Å². The zero-order valence-electron chi connectivity index (χ0n) is 13.3. The summed E-state index contributed by atoms with van der Waals surface area (Å²) >= 11 is 12.2. The van der Waals surface area contributed by atoms with E-state index in [0.29, 0.717) is 27.3 Å². The normalized spacial score (nSPS) is 11.9. The SMILES string of the molecule is CC[C@H](C)c1ccccc1NC(=O)c1cc(Cl)c(OC)c(Cl)c1. The fourth-order valence-corrected chi connectivity index (χ4v) is 2.98. The first-order valence-electron chi connectivity index (χ1n) is 7.41. The molecule has 122 valence electrons. The van der Waals surface area contributed by atoms with Crippen LogP contribution in [0.25, 0.3) is 0 Å². The average Bonchev–Trinajstić information content (AvgIpc) is 2.54. The van der Waals surface area contributed by atoms with Gasteiger partial charge in [-0.3, -0.25) is 4.79 Å². The number of benzene rings is 2. The number of anilines is 1. The number of ether oxygens (including phenoxy) is 1. The lowest BCUT2D eigenvalue weighted by molar-refractivity contribution is 0.102. The Hall–Kier alpha value is -1.71. The molecule has 0 aromatic heterocycles. The van der Waals surface area contributed by atoms with Crippen molar-refractivity contribution in [1.29, 1.82) is 0 Å². The molecule has 0 saturated carbocycles. The predicted octanol–water partition coefficient (Wildman–Crippen LogP) is 5.77. The minimum absolute atomic E-state index is 0.257. The highest BCUT2D eigenvalue weighted by molar-refractivity contribution is 6.37. The van der Waals surface area contributed by atoms with Gasteiger partial charge in [0.05, 0.1) is 17.2 Å². The number of carbonyl (C=O) groups is 1. The number of rotatable bonds is 5. The number of amides is 1. The highest BCUT2D eigenvalue weighted by Gasteiger charge is 2.16. The van der Waals surface area contributed by atoms with Crippen LogP contribution in [0, 0.1) is 0 Å². The van der Waals surface area contributed by atoms with Gasteiger partial charge in [-0.05, 0) is 36.1 Å². The molecule has 3 nitrogen and oxygen atoms in total. The van der Waals surface area contributed by atoms with E-state index in [1.807, 2.05) is 24.3 Å². The largest absolute Gasteiger partial charge is 0.494 e. The van der Waals surface area contributed by atoms with Gasteiger partial charge < -0.3 is 10.1 Å². The first-order chi connectivity index (χ1) is 11.0. The van der Waals surface area contributed by atoms with Crippen molar-refractivity contribution in [3.63, 3.8) is 0 Å². The number of hydrogen-bond acceptors (Lipinski definition) is 2. The summed E-state index contributed by atoms with van der Waals surface area (Å²) in [5.41, 5.74) is 2.30. The summed E-state index contributed by atoms with van der Waals surface area (Å²) in [4.78, 5) is 12.5. The number of para-hydroxylation sites is 1. The monoisotopic (exact) mass is 351 g/mol. The van der Waals surface area contributed by atoms with Gasteiger partial charge in [-0.1, -0.05) is 55.2 Å². The molecule has 0 bridgehead atoms. The van der Waals surface area contributed by atoms with E-state index >= 15 is 0 Å². The highest BCUT2D eigenvalue weighted by atomic mass is 35.5. The summed E-state index contributed by atoms with van der Waals surface area (Å²) in [6.45, 7) is 4.25. The first-order valence-corrected chi connectivity index (χ1v) is 8.16. The minimum atomic E-state index is -0.257. The van der Waals surface area contributed by atoms with Gasteiger partial charge >= 0.3 is 0 Å². The third-order valence-corrected chi connectivity index (χ3v) is 4.38. The van der Waals surface area contributed by atoms with Gasteiger partial charge in [0.2, 0.25) is 0 Å². The second kappa shape index (κ2) is 7.71. The van der Waals surface area contributed by atoms with Crippen molar-refractivity contribution in [3.8, 4) is 5.75 Å². The lowest BCUT2D eigenvalue weighted by Crippen LogP contribution is -2.14. The van der Waals surface area contributed by atoms with Gasteiger partial charge in [-0.25, -0.2) is 0 Å². The van der Waals surface area contributed by atoms with Crippen LogP contribution in [0.5, 0.6) is 5.75 Å². The summed E-state index contributed by atoms with van der Waals surface area (Å²) in [6.07, 6.45) is 0.993. The Labute approximate surface area is 146 Å². The fourth-order valence-electron chi connectivity index (χ4n) is 2.34. The van der Waals surface area contributed by atoms with Crippen molar-refractivity contribution >= 4 is 34.8 Å². The van der Waals surface area contributed by atoms with Crippen LogP contribution in [0.2, 0.25) is 10.0 Å². The molecule has 1 atom stereocenters. The number of carbonyl (C=O) groups excluding carboxylic acids is 1. The molecule has 0 fully saturated rings. The smallest absolute Gasteiger partial charge is 0.255 e. The molecule has 0 aliphatic rings. The van der Waals surface area contributed by atoms with Crippen molar-refractivity contribution < 1.29 is 9.53 Å². The lowest BCUT2D eigenvalue weighted by Gasteiger charge is -2.16. The van der Waals surface area contributed by atoms with Gasteiger partial charge in [0, 0.05) is 11.3 Å². The molecule has 5 heteroatoms. The molecule has 2 aromatic rings. The molecule has 0 heterocycles. The molecule has 1 N–H and O–H groups in total. The number of methoxy groups -OCH3 is 1. The van der Waals surface area contributed by atoms with Crippen LogP contribution in [0.3, 0.4) is 0 Å². The Morgan fingerprint density at radius 1 is 1.22 bits per heavy atom. The molecule has 0 unspecified atom stereocenters. The second-order valence-corrected chi connectivity index (χ2v) is 6.14. The molecular weight excluding hydrogens is 333 g/mol. The summed E-state index contributed by atoms with van der Waals surface area (Å²) < 4.78 is 5.10. The molecule has 23 heavy (non-hydrogen) atoms. The average molecular weight is 352 g/mol. The van der Waals surface area contributed by atoms with Crippen LogP contribution in [0.4, 0.5) is 5.69 Å². The minimum Gasteiger partial charge on any atom is -0.494 e. The molecule has 0 spiro atoms. The molecule has 1 amide bonds. The molecule has 2 rings (SSSR count). The van der Waals surface area contributed by atoms with Crippen molar-refractivity contribution in [2.75, 3.05) is 12.4 Å². The van der Waals surface area contributed by atoms with E-state index in [9.17, 15) is 4.79 Å². The second-order valence-electron chi connectivity index (χ2n) is 5.32. The van der Waals surface area contributed by atoms with Crippen molar-refractivity contribution in [3.05, 3.63) is 57.6 Å². The van der Waals surface area contributed by atoms with Crippen LogP contribution in [-0.2, 0) is 0 Å². The van der Waals surface area contributed by atoms with Crippen LogP contribution in [-0.4, -0.2) is 13.0 Å². The first kappa shape index (κ1) is 17.6. The molecule has 0 saturated heterocycles. The molecule has 0 aliphatic carbocycles. The zero-order chi connectivity index (χ0) is 17.0. The zero-order valence-corrected chi connectivity index (χ0v) is 14.8. The molecular formula is C18H19Cl2NO2. The Morgan fingerprint density at radius 2 is 1.83 bits per heavy atom.